The predicted octanol–water partition coefficient (Wildman–Crippen LogP) is 2.09. The lowest BCUT2D eigenvalue weighted by Gasteiger charge is -2.05. The van der Waals surface area contributed by atoms with Crippen molar-refractivity contribution in [3.63, 3.8) is 0 Å². The summed E-state index contributed by atoms with van der Waals surface area (Å²) in [7, 11) is 0. The van der Waals surface area contributed by atoms with Crippen molar-refractivity contribution in [2.45, 2.75) is 26.7 Å². The van der Waals surface area contributed by atoms with Crippen LogP contribution in [0, 0.1) is 6.92 Å². The first-order valence-corrected chi connectivity index (χ1v) is 5.04. The van der Waals surface area contributed by atoms with Crippen molar-refractivity contribution in [1.82, 2.24) is 20.2 Å². The summed E-state index contributed by atoms with van der Waals surface area (Å²) >= 11 is 0. The summed E-state index contributed by atoms with van der Waals surface area (Å²) in [5, 5.41) is 11.9. The quantitative estimate of drug-likeness (QED) is 0.749. The van der Waals surface area contributed by atoms with Crippen LogP contribution in [-0.2, 0) is 0 Å². The molecule has 0 aliphatic carbocycles. The Morgan fingerprint density at radius 2 is 1.80 bits per heavy atom. The fourth-order valence-electron chi connectivity index (χ4n) is 1.39. The normalized spacial score (nSPS) is 10.9. The third kappa shape index (κ3) is 2.03. The van der Waals surface area contributed by atoms with E-state index < -0.39 is 0 Å². The van der Waals surface area contributed by atoms with Crippen LogP contribution in [0.1, 0.15) is 31.2 Å². The number of rotatable bonds is 2. The highest BCUT2D eigenvalue weighted by Crippen LogP contribution is 2.15. The second-order valence-electron chi connectivity index (χ2n) is 3.87. The second-order valence-corrected chi connectivity index (χ2v) is 3.87. The largest absolute Gasteiger partial charge is 0.172 e. The molecule has 0 aliphatic rings. The molecule has 0 unspecified atom stereocenters. The third-order valence-corrected chi connectivity index (χ3v) is 2.30. The Labute approximate surface area is 88.9 Å². The number of tetrazole rings is 1. The molecule has 0 atom stereocenters. The topological polar surface area (TPSA) is 43.6 Å². The summed E-state index contributed by atoms with van der Waals surface area (Å²) in [5.74, 6) is 1.23. The minimum absolute atomic E-state index is 0.546. The first-order chi connectivity index (χ1) is 7.16. The van der Waals surface area contributed by atoms with E-state index >= 15 is 0 Å². The predicted molar refractivity (Wildman–Crippen MR) is 58.0 cm³/mol. The number of aryl methyl sites for hydroxylation is 1. The van der Waals surface area contributed by atoms with E-state index in [1.807, 2.05) is 19.1 Å². The van der Waals surface area contributed by atoms with Gasteiger partial charge in [0, 0.05) is 0 Å². The van der Waals surface area contributed by atoms with Gasteiger partial charge in [-0.05, 0) is 35.8 Å². The summed E-state index contributed by atoms with van der Waals surface area (Å²) in [4.78, 5) is 1.54. The van der Waals surface area contributed by atoms with Crippen molar-refractivity contribution < 1.29 is 0 Å². The first kappa shape index (κ1) is 9.83. The van der Waals surface area contributed by atoms with Crippen LogP contribution < -0.4 is 0 Å². The maximum absolute atomic E-state index is 4.15. The van der Waals surface area contributed by atoms with E-state index in [4.69, 9.17) is 0 Å². The maximum Gasteiger partial charge on any atom is 0.172 e. The molecule has 78 valence electrons. The molecular weight excluding hydrogens is 188 g/mol. The van der Waals surface area contributed by atoms with Crippen LogP contribution in [0.15, 0.2) is 24.3 Å². The lowest BCUT2D eigenvalue weighted by Crippen LogP contribution is -1.99. The van der Waals surface area contributed by atoms with Gasteiger partial charge < -0.3 is 0 Å². The lowest BCUT2D eigenvalue weighted by atomic mass is 10.0. The van der Waals surface area contributed by atoms with Gasteiger partial charge in [0.1, 0.15) is 0 Å². The van der Waals surface area contributed by atoms with Crippen molar-refractivity contribution in [2.24, 2.45) is 0 Å². The number of benzene rings is 1. The van der Waals surface area contributed by atoms with E-state index in [0.29, 0.717) is 11.7 Å². The Hall–Kier alpha value is -1.71. The highest BCUT2D eigenvalue weighted by atomic mass is 15.6. The van der Waals surface area contributed by atoms with Gasteiger partial charge in [-0.1, -0.05) is 26.0 Å². The number of hydrogen-bond donors (Lipinski definition) is 0. The highest BCUT2D eigenvalue weighted by molar-refractivity contribution is 5.33. The lowest BCUT2D eigenvalue weighted by molar-refractivity contribution is 0.717. The molecule has 0 amide bonds. The molecular formula is C11H14N4. The van der Waals surface area contributed by atoms with E-state index in [1.165, 1.54) is 5.56 Å². The van der Waals surface area contributed by atoms with Gasteiger partial charge in [-0.2, -0.15) is 0 Å². The van der Waals surface area contributed by atoms with E-state index in [-0.39, 0.29) is 0 Å². The molecule has 0 saturated carbocycles. The SMILES string of the molecule is Cc1nnn(-c2ccc(C(C)C)cc2)n1. The van der Waals surface area contributed by atoms with Crippen LogP contribution >= 0.6 is 0 Å². The van der Waals surface area contributed by atoms with Crippen LogP contribution in [0.4, 0.5) is 0 Å². The van der Waals surface area contributed by atoms with Crippen LogP contribution in [0.25, 0.3) is 5.69 Å². The Kier molecular flexibility index (Phi) is 2.49. The van der Waals surface area contributed by atoms with Crippen LogP contribution in [0.2, 0.25) is 0 Å². The Bertz CT molecular complexity index is 442. The standard InChI is InChI=1S/C11H14N4/c1-8(2)10-4-6-11(7-5-10)15-13-9(3)12-14-15/h4-8H,1-3H3. The van der Waals surface area contributed by atoms with Crippen molar-refractivity contribution in [3.05, 3.63) is 35.7 Å². The van der Waals surface area contributed by atoms with Crippen molar-refractivity contribution in [3.8, 4) is 5.69 Å². The fraction of sp³-hybridized carbons (Fsp3) is 0.364. The molecule has 2 aromatic rings. The Morgan fingerprint density at radius 3 is 2.27 bits per heavy atom. The highest BCUT2D eigenvalue weighted by Gasteiger charge is 2.02. The third-order valence-electron chi connectivity index (χ3n) is 2.30. The van der Waals surface area contributed by atoms with E-state index in [2.05, 4.69) is 41.4 Å². The van der Waals surface area contributed by atoms with Gasteiger partial charge in [-0.15, -0.1) is 15.0 Å². The Balaban J connectivity index is 2.31. The zero-order valence-corrected chi connectivity index (χ0v) is 9.18. The molecule has 1 aromatic carbocycles. The molecule has 0 N–H and O–H groups in total. The smallest absolute Gasteiger partial charge is 0.132 e. The number of hydrogen-bond acceptors (Lipinski definition) is 3. The van der Waals surface area contributed by atoms with Gasteiger partial charge in [0.15, 0.2) is 5.82 Å². The fourth-order valence-corrected chi connectivity index (χ4v) is 1.39. The average Bonchev–Trinajstić information content (AvgIpc) is 2.65. The molecule has 0 fully saturated rings. The molecule has 4 nitrogen and oxygen atoms in total. The Morgan fingerprint density at radius 1 is 1.13 bits per heavy atom. The molecule has 0 bridgehead atoms. The zero-order chi connectivity index (χ0) is 10.8. The van der Waals surface area contributed by atoms with E-state index in [9.17, 15) is 0 Å². The summed E-state index contributed by atoms with van der Waals surface area (Å²) in [6.45, 7) is 6.17. The van der Waals surface area contributed by atoms with Gasteiger partial charge in [0.25, 0.3) is 0 Å². The first-order valence-electron chi connectivity index (χ1n) is 5.04. The van der Waals surface area contributed by atoms with E-state index in [0.717, 1.165) is 5.69 Å². The average molecular weight is 202 g/mol. The number of nitrogens with zero attached hydrogens (tertiary/aromatic N) is 4. The molecule has 1 heterocycles. The number of aromatic nitrogens is 4. The molecule has 4 heteroatoms. The van der Waals surface area contributed by atoms with Gasteiger partial charge in [0.05, 0.1) is 5.69 Å². The van der Waals surface area contributed by atoms with Gasteiger partial charge in [-0.3, -0.25) is 0 Å². The minimum Gasteiger partial charge on any atom is -0.132 e. The van der Waals surface area contributed by atoms with Gasteiger partial charge in [0.2, 0.25) is 0 Å². The molecule has 0 aliphatic heterocycles. The monoisotopic (exact) mass is 202 g/mol. The minimum atomic E-state index is 0.546. The summed E-state index contributed by atoms with van der Waals surface area (Å²) in [6, 6.07) is 8.21. The van der Waals surface area contributed by atoms with Crippen LogP contribution in [-0.4, -0.2) is 20.2 Å². The van der Waals surface area contributed by atoms with Gasteiger partial charge in [-0.25, -0.2) is 0 Å². The maximum atomic E-state index is 4.15. The zero-order valence-electron chi connectivity index (χ0n) is 9.18. The van der Waals surface area contributed by atoms with Crippen molar-refractivity contribution >= 4 is 0 Å². The molecule has 1 aromatic heterocycles. The summed E-state index contributed by atoms with van der Waals surface area (Å²) in [6.07, 6.45) is 0. The van der Waals surface area contributed by atoms with Crippen molar-refractivity contribution in [1.29, 1.82) is 0 Å². The second kappa shape index (κ2) is 3.81. The van der Waals surface area contributed by atoms with E-state index in [1.54, 1.807) is 4.80 Å². The molecule has 0 saturated heterocycles. The van der Waals surface area contributed by atoms with Gasteiger partial charge >= 0.3 is 0 Å². The molecule has 15 heavy (non-hydrogen) atoms. The van der Waals surface area contributed by atoms with Crippen LogP contribution in [0.3, 0.4) is 0 Å². The molecule has 0 spiro atoms. The molecule has 2 rings (SSSR count). The summed E-state index contributed by atoms with van der Waals surface area (Å²) < 4.78 is 0. The summed E-state index contributed by atoms with van der Waals surface area (Å²) in [5.41, 5.74) is 2.26. The van der Waals surface area contributed by atoms with Crippen LogP contribution in [0.5, 0.6) is 0 Å². The molecule has 0 radical (unpaired) electrons. The van der Waals surface area contributed by atoms with Crippen molar-refractivity contribution in [2.75, 3.05) is 0 Å².